The number of rotatable bonds is 2. The highest BCUT2D eigenvalue weighted by Gasteiger charge is 2.33. The molecule has 0 N–H and O–H groups in total. The van der Waals surface area contributed by atoms with Gasteiger partial charge in [-0.1, -0.05) is 15.9 Å². The molecule has 1 saturated heterocycles. The molecule has 0 aromatic carbocycles. The van der Waals surface area contributed by atoms with Gasteiger partial charge in [-0.2, -0.15) is 0 Å². The first-order chi connectivity index (χ1) is 6.98. The Balaban J connectivity index is 2.13. The van der Waals surface area contributed by atoms with Gasteiger partial charge in [-0.05, 0) is 31.4 Å². The van der Waals surface area contributed by atoms with Gasteiger partial charge in [0.1, 0.15) is 0 Å². The fourth-order valence-corrected chi connectivity index (χ4v) is 5.81. The van der Waals surface area contributed by atoms with Crippen molar-refractivity contribution in [1.82, 2.24) is 0 Å². The van der Waals surface area contributed by atoms with Crippen molar-refractivity contribution in [2.45, 2.75) is 18.2 Å². The Morgan fingerprint density at radius 1 is 1.53 bits per heavy atom. The molecule has 2 nitrogen and oxygen atoms in total. The van der Waals surface area contributed by atoms with Gasteiger partial charge in [0.15, 0.2) is 9.84 Å². The fourth-order valence-electron chi connectivity index (χ4n) is 1.89. The summed E-state index contributed by atoms with van der Waals surface area (Å²) in [5.74, 6) is 0.928. The van der Waals surface area contributed by atoms with Crippen LogP contribution in [0.15, 0.2) is 12.1 Å². The lowest BCUT2D eigenvalue weighted by molar-refractivity contribution is 0.583. The lowest BCUT2D eigenvalue weighted by Crippen LogP contribution is -2.09. The Labute approximate surface area is 103 Å². The highest BCUT2D eigenvalue weighted by atomic mass is 79.9. The minimum atomic E-state index is -2.77. The summed E-state index contributed by atoms with van der Waals surface area (Å²) in [5.41, 5.74) is 0. The van der Waals surface area contributed by atoms with E-state index in [1.54, 1.807) is 11.3 Å². The summed E-state index contributed by atoms with van der Waals surface area (Å²) in [6, 6.07) is 4.17. The SMILES string of the molecule is Cc1ccc(C(Br)C2CCS(=O)(=O)C2)s1. The topological polar surface area (TPSA) is 34.1 Å². The van der Waals surface area contributed by atoms with E-state index in [0.717, 1.165) is 6.42 Å². The van der Waals surface area contributed by atoms with Gasteiger partial charge in [0.25, 0.3) is 0 Å². The summed E-state index contributed by atoms with van der Waals surface area (Å²) in [5, 5.41) is 0. The zero-order valence-electron chi connectivity index (χ0n) is 8.44. The summed E-state index contributed by atoms with van der Waals surface area (Å²) in [4.78, 5) is 2.72. The molecule has 0 radical (unpaired) electrons. The van der Waals surface area contributed by atoms with Gasteiger partial charge in [-0.15, -0.1) is 11.3 Å². The standard InChI is InChI=1S/C10H13BrO2S2/c1-7-2-3-9(14-7)10(11)8-4-5-15(12,13)6-8/h2-3,8,10H,4-6H2,1H3. The summed E-state index contributed by atoms with van der Waals surface area (Å²) in [6.45, 7) is 2.07. The molecule has 1 aliphatic heterocycles. The van der Waals surface area contributed by atoms with Crippen LogP contribution in [0.25, 0.3) is 0 Å². The van der Waals surface area contributed by atoms with Gasteiger partial charge in [0, 0.05) is 9.75 Å². The number of alkyl halides is 1. The van der Waals surface area contributed by atoms with E-state index in [2.05, 4.69) is 35.0 Å². The quantitative estimate of drug-likeness (QED) is 0.787. The Hall–Kier alpha value is 0.130. The van der Waals surface area contributed by atoms with Crippen molar-refractivity contribution in [1.29, 1.82) is 0 Å². The van der Waals surface area contributed by atoms with Crippen LogP contribution in [0.1, 0.15) is 21.0 Å². The van der Waals surface area contributed by atoms with Crippen LogP contribution in [0.3, 0.4) is 0 Å². The van der Waals surface area contributed by atoms with Crippen molar-refractivity contribution in [2.24, 2.45) is 5.92 Å². The molecule has 2 unspecified atom stereocenters. The Bertz CT molecular complexity index is 450. The van der Waals surface area contributed by atoms with E-state index in [4.69, 9.17) is 0 Å². The number of thiophene rings is 1. The monoisotopic (exact) mass is 308 g/mol. The molecule has 5 heteroatoms. The molecule has 1 fully saturated rings. The molecule has 0 spiro atoms. The minimum Gasteiger partial charge on any atom is -0.229 e. The second-order valence-corrected chi connectivity index (χ2v) is 8.55. The van der Waals surface area contributed by atoms with E-state index in [9.17, 15) is 8.42 Å². The zero-order valence-corrected chi connectivity index (χ0v) is 11.7. The predicted molar refractivity (Wildman–Crippen MR) is 67.5 cm³/mol. The highest BCUT2D eigenvalue weighted by Crippen LogP contribution is 2.40. The molecule has 0 amide bonds. The van der Waals surface area contributed by atoms with Crippen molar-refractivity contribution < 1.29 is 8.42 Å². The lowest BCUT2D eigenvalue weighted by atomic mass is 10.0. The van der Waals surface area contributed by atoms with E-state index in [1.807, 2.05) is 0 Å². The molecule has 2 atom stereocenters. The molecular formula is C10H13BrO2S2. The summed E-state index contributed by atoms with van der Waals surface area (Å²) >= 11 is 5.36. The molecular weight excluding hydrogens is 296 g/mol. The van der Waals surface area contributed by atoms with Crippen LogP contribution < -0.4 is 0 Å². The molecule has 84 valence electrons. The predicted octanol–water partition coefficient (Wildman–Crippen LogP) is 2.93. The maximum Gasteiger partial charge on any atom is 0.150 e. The maximum absolute atomic E-state index is 11.4. The molecule has 2 rings (SSSR count). The lowest BCUT2D eigenvalue weighted by Gasteiger charge is -2.13. The average molecular weight is 309 g/mol. The molecule has 1 aliphatic rings. The third kappa shape index (κ3) is 2.63. The van der Waals surface area contributed by atoms with Crippen molar-refractivity contribution in [3.8, 4) is 0 Å². The van der Waals surface area contributed by atoms with Gasteiger partial charge in [0.05, 0.1) is 16.3 Å². The third-order valence-electron chi connectivity index (χ3n) is 2.71. The molecule has 0 saturated carbocycles. The zero-order chi connectivity index (χ0) is 11.1. The first-order valence-corrected chi connectivity index (χ1v) is 8.44. The molecule has 2 heterocycles. The smallest absolute Gasteiger partial charge is 0.150 e. The van der Waals surface area contributed by atoms with E-state index in [1.165, 1.54) is 9.75 Å². The number of halogens is 1. The maximum atomic E-state index is 11.4. The first-order valence-electron chi connectivity index (χ1n) is 4.89. The molecule has 0 aliphatic carbocycles. The molecule has 1 aromatic heterocycles. The number of sulfone groups is 1. The van der Waals surface area contributed by atoms with Crippen LogP contribution in [-0.2, 0) is 9.84 Å². The highest BCUT2D eigenvalue weighted by molar-refractivity contribution is 9.09. The van der Waals surface area contributed by atoms with Crippen LogP contribution >= 0.6 is 27.3 Å². The normalized spacial score (nSPS) is 26.7. The van der Waals surface area contributed by atoms with E-state index in [-0.39, 0.29) is 10.7 Å². The minimum absolute atomic E-state index is 0.202. The van der Waals surface area contributed by atoms with Crippen LogP contribution in [0.2, 0.25) is 0 Å². The van der Waals surface area contributed by atoms with E-state index >= 15 is 0 Å². The van der Waals surface area contributed by atoms with Crippen LogP contribution in [-0.4, -0.2) is 19.9 Å². The van der Waals surface area contributed by atoms with E-state index in [0.29, 0.717) is 11.5 Å². The molecule has 1 aromatic rings. The third-order valence-corrected chi connectivity index (χ3v) is 7.14. The second-order valence-electron chi connectivity index (χ2n) is 4.01. The van der Waals surface area contributed by atoms with Gasteiger partial charge < -0.3 is 0 Å². The number of hydrogen-bond donors (Lipinski definition) is 0. The Morgan fingerprint density at radius 3 is 2.73 bits per heavy atom. The van der Waals surface area contributed by atoms with Crippen molar-refractivity contribution in [3.63, 3.8) is 0 Å². The second kappa shape index (κ2) is 4.18. The van der Waals surface area contributed by atoms with Crippen LogP contribution in [0.4, 0.5) is 0 Å². The van der Waals surface area contributed by atoms with Gasteiger partial charge in [0.2, 0.25) is 0 Å². The number of aryl methyl sites for hydroxylation is 1. The van der Waals surface area contributed by atoms with Gasteiger partial charge in [-0.25, -0.2) is 8.42 Å². The Morgan fingerprint density at radius 2 is 2.27 bits per heavy atom. The molecule has 0 bridgehead atoms. The average Bonchev–Trinajstić information content (AvgIpc) is 2.71. The van der Waals surface area contributed by atoms with Crippen molar-refractivity contribution in [2.75, 3.05) is 11.5 Å². The molecule has 15 heavy (non-hydrogen) atoms. The van der Waals surface area contributed by atoms with Crippen molar-refractivity contribution >= 4 is 37.1 Å². The summed E-state index contributed by atoms with van der Waals surface area (Å²) < 4.78 is 22.7. The van der Waals surface area contributed by atoms with Crippen LogP contribution in [0.5, 0.6) is 0 Å². The van der Waals surface area contributed by atoms with Gasteiger partial charge >= 0.3 is 0 Å². The summed E-state index contributed by atoms with van der Waals surface area (Å²) in [6.07, 6.45) is 0.787. The van der Waals surface area contributed by atoms with Crippen molar-refractivity contribution in [3.05, 3.63) is 21.9 Å². The van der Waals surface area contributed by atoms with Gasteiger partial charge in [-0.3, -0.25) is 0 Å². The van der Waals surface area contributed by atoms with E-state index < -0.39 is 9.84 Å². The largest absolute Gasteiger partial charge is 0.229 e. The first kappa shape index (κ1) is 11.6. The summed E-state index contributed by atoms with van der Waals surface area (Å²) in [7, 11) is -2.77. The fraction of sp³-hybridized carbons (Fsp3) is 0.600. The Kier molecular flexibility index (Phi) is 3.24. The van der Waals surface area contributed by atoms with Crippen LogP contribution in [0, 0.1) is 12.8 Å². The number of hydrogen-bond acceptors (Lipinski definition) is 3.